The van der Waals surface area contributed by atoms with Crippen molar-refractivity contribution in [2.24, 2.45) is 5.92 Å². The van der Waals surface area contributed by atoms with E-state index in [4.69, 9.17) is 0 Å². The molecule has 3 fully saturated rings. The lowest BCUT2D eigenvalue weighted by atomic mass is 9.79. The molecule has 0 spiro atoms. The summed E-state index contributed by atoms with van der Waals surface area (Å²) in [6.07, 6.45) is 4.20. The molecule has 1 aromatic carbocycles. The van der Waals surface area contributed by atoms with Crippen LogP contribution in [0.25, 0.3) is 10.4 Å². The second-order valence-corrected chi connectivity index (χ2v) is 8.04. The number of carbonyl (C=O) groups is 1. The van der Waals surface area contributed by atoms with Crippen molar-refractivity contribution in [3.05, 3.63) is 41.0 Å². The van der Waals surface area contributed by atoms with Crippen LogP contribution in [0.5, 0.6) is 0 Å². The van der Waals surface area contributed by atoms with Crippen LogP contribution in [0.15, 0.2) is 30.5 Å². The molecule has 4 heterocycles. The fraction of sp³-hybridized carbons (Fsp3) is 0.474. The molecule has 1 aromatic heterocycles. The Hall–Kier alpha value is -1.72. The molecule has 1 N–H and O–H groups in total. The summed E-state index contributed by atoms with van der Waals surface area (Å²) in [5, 5.41) is 3.82. The number of hydrogen-bond acceptors (Lipinski definition) is 4. The van der Waals surface area contributed by atoms with Crippen molar-refractivity contribution in [1.82, 2.24) is 15.2 Å². The summed E-state index contributed by atoms with van der Waals surface area (Å²) >= 11 is 1.47. The van der Waals surface area contributed by atoms with E-state index in [1.54, 1.807) is 0 Å². The number of carbonyl (C=O) groups excluding carboxylic acids is 1. The Morgan fingerprint density at radius 2 is 1.96 bits per heavy atom. The molecule has 0 aliphatic carbocycles. The van der Waals surface area contributed by atoms with Gasteiger partial charge in [-0.15, -0.1) is 11.3 Å². The van der Waals surface area contributed by atoms with Crippen LogP contribution in [-0.4, -0.2) is 41.0 Å². The Bertz CT molecular complexity index is 729. The predicted molar refractivity (Wildman–Crippen MR) is 97.3 cm³/mol. The first kappa shape index (κ1) is 15.8. The van der Waals surface area contributed by atoms with Crippen molar-refractivity contribution in [1.29, 1.82) is 0 Å². The van der Waals surface area contributed by atoms with Crippen LogP contribution in [0.1, 0.15) is 35.1 Å². The van der Waals surface area contributed by atoms with Crippen LogP contribution in [0.2, 0.25) is 0 Å². The van der Waals surface area contributed by atoms with Crippen LogP contribution >= 0.6 is 11.3 Å². The second-order valence-electron chi connectivity index (χ2n) is 7.01. The van der Waals surface area contributed by atoms with Gasteiger partial charge in [0.2, 0.25) is 0 Å². The lowest BCUT2D eigenvalue weighted by molar-refractivity contribution is 0.0217. The van der Waals surface area contributed by atoms with Crippen molar-refractivity contribution < 1.29 is 4.79 Å². The van der Waals surface area contributed by atoms with Crippen molar-refractivity contribution in [3.8, 4) is 10.4 Å². The molecule has 0 saturated carbocycles. The summed E-state index contributed by atoms with van der Waals surface area (Å²) in [6.45, 7) is 6.65. The lowest BCUT2D eigenvalue weighted by Gasteiger charge is -2.49. The molecule has 3 aliphatic heterocycles. The highest BCUT2D eigenvalue weighted by molar-refractivity contribution is 7.16. The molecule has 3 aliphatic rings. The van der Waals surface area contributed by atoms with Gasteiger partial charge >= 0.3 is 0 Å². The first-order valence-electron chi connectivity index (χ1n) is 8.69. The Labute approximate surface area is 146 Å². The number of hydrogen-bond donors (Lipinski definition) is 1. The molecule has 2 bridgehead atoms. The minimum absolute atomic E-state index is 0.0241. The van der Waals surface area contributed by atoms with E-state index in [1.807, 2.05) is 6.20 Å². The molecule has 2 aromatic rings. The molecule has 0 unspecified atom stereocenters. The summed E-state index contributed by atoms with van der Waals surface area (Å²) in [4.78, 5) is 20.5. The van der Waals surface area contributed by atoms with E-state index in [2.05, 4.69) is 53.3 Å². The minimum Gasteiger partial charge on any atom is -0.345 e. The van der Waals surface area contributed by atoms with Gasteiger partial charge in [-0.25, -0.2) is 4.98 Å². The van der Waals surface area contributed by atoms with E-state index < -0.39 is 0 Å². The lowest BCUT2D eigenvalue weighted by Crippen LogP contribution is -2.62. The van der Waals surface area contributed by atoms with Crippen LogP contribution in [0.4, 0.5) is 0 Å². The number of aromatic nitrogens is 1. The number of nitrogens with zero attached hydrogens (tertiary/aromatic N) is 2. The monoisotopic (exact) mass is 341 g/mol. The number of amides is 1. The van der Waals surface area contributed by atoms with Crippen LogP contribution in [0, 0.1) is 12.8 Å². The molecule has 4 nitrogen and oxygen atoms in total. The molecule has 3 saturated heterocycles. The minimum atomic E-state index is -0.0241. The molecular formula is C19H23N3OS. The molecular weight excluding hydrogens is 318 g/mol. The summed E-state index contributed by atoms with van der Waals surface area (Å²) < 4.78 is 0. The van der Waals surface area contributed by atoms with Gasteiger partial charge in [-0.2, -0.15) is 0 Å². The zero-order chi connectivity index (χ0) is 16.7. The highest BCUT2D eigenvalue weighted by atomic mass is 32.1. The predicted octanol–water partition coefficient (Wildman–Crippen LogP) is 3.33. The van der Waals surface area contributed by atoms with Crippen molar-refractivity contribution in [3.63, 3.8) is 0 Å². The third-order valence-corrected chi connectivity index (χ3v) is 6.56. The average molecular weight is 341 g/mol. The molecule has 1 amide bonds. The van der Waals surface area contributed by atoms with Crippen molar-refractivity contribution >= 4 is 17.2 Å². The standard InChI is InChI=1S/C19H23N3OS/c1-12-3-5-14(6-4-12)16-11-20-19(24-16)18(23)21-17-13(2)22-9-7-15(17)8-10-22/h3-6,11,13,15,17H,7-10H2,1-2H3,(H,21,23)/t13-,17-/m0/s1. The van der Waals surface area contributed by atoms with Crippen molar-refractivity contribution in [2.45, 2.75) is 38.8 Å². The molecule has 5 heteroatoms. The second kappa shape index (κ2) is 6.30. The van der Waals surface area contributed by atoms with E-state index >= 15 is 0 Å². The van der Waals surface area contributed by atoms with E-state index in [1.165, 1.54) is 42.8 Å². The molecule has 5 rings (SSSR count). The van der Waals surface area contributed by atoms with Gasteiger partial charge in [0.15, 0.2) is 5.01 Å². The first-order valence-corrected chi connectivity index (χ1v) is 9.51. The number of rotatable bonds is 3. The fourth-order valence-electron chi connectivity index (χ4n) is 3.99. The maximum absolute atomic E-state index is 12.7. The number of piperidine rings is 3. The zero-order valence-corrected chi connectivity index (χ0v) is 15.0. The maximum atomic E-state index is 12.7. The van der Waals surface area contributed by atoms with Gasteiger partial charge < -0.3 is 5.32 Å². The van der Waals surface area contributed by atoms with Gasteiger partial charge in [-0.3, -0.25) is 9.69 Å². The van der Waals surface area contributed by atoms with Gasteiger partial charge in [-0.1, -0.05) is 29.8 Å². The normalized spacial score (nSPS) is 28.8. The van der Waals surface area contributed by atoms with Gasteiger partial charge in [0.05, 0.1) is 4.88 Å². The van der Waals surface area contributed by atoms with Crippen molar-refractivity contribution in [2.75, 3.05) is 13.1 Å². The molecule has 0 radical (unpaired) electrons. The highest BCUT2D eigenvalue weighted by Crippen LogP contribution is 2.33. The van der Waals surface area contributed by atoms with Crippen LogP contribution in [0.3, 0.4) is 0 Å². The summed E-state index contributed by atoms with van der Waals surface area (Å²) in [5.74, 6) is 0.592. The number of nitrogens with one attached hydrogen (secondary N) is 1. The van der Waals surface area contributed by atoms with E-state index in [0.717, 1.165) is 10.4 Å². The van der Waals surface area contributed by atoms with Gasteiger partial charge in [0.25, 0.3) is 5.91 Å². The Morgan fingerprint density at radius 3 is 2.62 bits per heavy atom. The summed E-state index contributed by atoms with van der Waals surface area (Å²) in [6, 6.07) is 9.03. The maximum Gasteiger partial charge on any atom is 0.280 e. The number of benzene rings is 1. The molecule has 2 atom stereocenters. The number of thiazole rings is 1. The van der Waals surface area contributed by atoms with Crippen LogP contribution in [-0.2, 0) is 0 Å². The highest BCUT2D eigenvalue weighted by Gasteiger charge is 2.40. The van der Waals surface area contributed by atoms with E-state index in [-0.39, 0.29) is 11.9 Å². The van der Waals surface area contributed by atoms with Gasteiger partial charge in [0, 0.05) is 18.3 Å². The van der Waals surface area contributed by atoms with Gasteiger partial charge in [0.1, 0.15) is 0 Å². The van der Waals surface area contributed by atoms with E-state index in [0.29, 0.717) is 17.0 Å². The van der Waals surface area contributed by atoms with Crippen LogP contribution < -0.4 is 5.32 Å². The number of aryl methyl sites for hydroxylation is 1. The Kier molecular flexibility index (Phi) is 4.14. The third kappa shape index (κ3) is 2.87. The topological polar surface area (TPSA) is 45.2 Å². The fourth-order valence-corrected chi connectivity index (χ4v) is 4.81. The molecule has 24 heavy (non-hydrogen) atoms. The zero-order valence-electron chi connectivity index (χ0n) is 14.2. The largest absolute Gasteiger partial charge is 0.345 e. The smallest absolute Gasteiger partial charge is 0.280 e. The Balaban J connectivity index is 1.48. The first-order chi connectivity index (χ1) is 11.6. The SMILES string of the molecule is Cc1ccc(-c2cnc(C(=O)N[C@@H]3C4CCN(CC4)[C@H]3C)s2)cc1. The third-order valence-electron chi connectivity index (χ3n) is 5.51. The number of fused-ring (bicyclic) bond motifs is 3. The Morgan fingerprint density at radius 1 is 1.25 bits per heavy atom. The molecule has 126 valence electrons. The van der Waals surface area contributed by atoms with Gasteiger partial charge in [-0.05, 0) is 51.3 Å². The average Bonchev–Trinajstić information content (AvgIpc) is 3.09. The van der Waals surface area contributed by atoms with E-state index in [9.17, 15) is 4.79 Å². The summed E-state index contributed by atoms with van der Waals surface area (Å²) in [5.41, 5.74) is 2.35. The summed E-state index contributed by atoms with van der Waals surface area (Å²) in [7, 11) is 0. The quantitative estimate of drug-likeness (QED) is 0.931.